The van der Waals surface area contributed by atoms with Gasteiger partial charge in [-0.2, -0.15) is 0 Å². The second kappa shape index (κ2) is 6.96. The lowest BCUT2D eigenvalue weighted by molar-refractivity contribution is 0.988. The van der Waals surface area contributed by atoms with Crippen LogP contribution < -0.4 is 10.6 Å². The summed E-state index contributed by atoms with van der Waals surface area (Å²) in [4.78, 5) is 20.4. The van der Waals surface area contributed by atoms with Crippen LogP contribution in [0.15, 0.2) is 61.2 Å². The molecule has 0 atom stereocenters. The van der Waals surface area contributed by atoms with E-state index in [2.05, 4.69) is 35.6 Å². The minimum atomic E-state index is 0.563. The van der Waals surface area contributed by atoms with E-state index in [0.717, 1.165) is 34.1 Å². The molecule has 4 aromatic rings. The molecule has 7 heteroatoms. The Balaban J connectivity index is 1.39. The molecule has 0 saturated carbocycles. The standard InChI is InChI=1S/C18H17N7/c1-2-6-15-14(5-1)24-18(25-15)11-21-17-8-16(22-12-23-17)20-10-13-4-3-7-19-9-13/h1-9,12H,10-11H2,(H,24,25)(H2,20,21,22,23). The molecule has 3 aromatic heterocycles. The van der Waals surface area contributed by atoms with Gasteiger partial charge in [0.2, 0.25) is 0 Å². The Bertz CT molecular complexity index is 932. The molecule has 0 amide bonds. The van der Waals surface area contributed by atoms with E-state index in [0.29, 0.717) is 13.1 Å². The van der Waals surface area contributed by atoms with Gasteiger partial charge in [0.25, 0.3) is 0 Å². The van der Waals surface area contributed by atoms with Gasteiger partial charge in [-0.1, -0.05) is 18.2 Å². The van der Waals surface area contributed by atoms with Crippen molar-refractivity contribution in [1.82, 2.24) is 24.9 Å². The number of benzene rings is 1. The highest BCUT2D eigenvalue weighted by molar-refractivity contribution is 5.74. The number of para-hydroxylation sites is 2. The van der Waals surface area contributed by atoms with Crippen LogP contribution >= 0.6 is 0 Å². The van der Waals surface area contributed by atoms with E-state index in [1.807, 2.05) is 48.7 Å². The molecule has 25 heavy (non-hydrogen) atoms. The largest absolute Gasteiger partial charge is 0.366 e. The van der Waals surface area contributed by atoms with Crippen LogP contribution in [0.2, 0.25) is 0 Å². The van der Waals surface area contributed by atoms with Gasteiger partial charge in [0.15, 0.2) is 0 Å². The van der Waals surface area contributed by atoms with E-state index < -0.39 is 0 Å². The van der Waals surface area contributed by atoms with Crippen LogP contribution in [-0.2, 0) is 13.1 Å². The minimum absolute atomic E-state index is 0.563. The van der Waals surface area contributed by atoms with Crippen LogP contribution in [0.3, 0.4) is 0 Å². The van der Waals surface area contributed by atoms with Gasteiger partial charge < -0.3 is 15.6 Å². The number of nitrogens with zero attached hydrogens (tertiary/aromatic N) is 4. The minimum Gasteiger partial charge on any atom is -0.366 e. The molecule has 0 aliphatic heterocycles. The number of nitrogens with one attached hydrogen (secondary N) is 3. The maximum atomic E-state index is 4.54. The number of imidazole rings is 1. The molecule has 124 valence electrons. The fourth-order valence-corrected chi connectivity index (χ4v) is 2.51. The molecular weight excluding hydrogens is 314 g/mol. The lowest BCUT2D eigenvalue weighted by Crippen LogP contribution is -2.06. The molecule has 7 nitrogen and oxygen atoms in total. The van der Waals surface area contributed by atoms with Gasteiger partial charge in [-0.3, -0.25) is 4.98 Å². The number of fused-ring (bicyclic) bond motifs is 1. The molecule has 0 aliphatic rings. The zero-order valence-corrected chi connectivity index (χ0v) is 13.5. The molecular formula is C18H17N7. The third-order valence-corrected chi connectivity index (χ3v) is 3.74. The van der Waals surface area contributed by atoms with Crippen molar-refractivity contribution in [1.29, 1.82) is 0 Å². The highest BCUT2D eigenvalue weighted by Crippen LogP contribution is 2.13. The van der Waals surface area contributed by atoms with Crippen LogP contribution in [-0.4, -0.2) is 24.9 Å². The fraction of sp³-hybridized carbons (Fsp3) is 0.111. The molecule has 0 aliphatic carbocycles. The molecule has 0 bridgehead atoms. The van der Waals surface area contributed by atoms with Crippen molar-refractivity contribution in [3.8, 4) is 0 Å². The molecule has 3 heterocycles. The second-order valence-corrected chi connectivity index (χ2v) is 5.56. The summed E-state index contributed by atoms with van der Waals surface area (Å²) in [5.41, 5.74) is 3.08. The lowest BCUT2D eigenvalue weighted by Gasteiger charge is -2.07. The average Bonchev–Trinajstić information content (AvgIpc) is 3.09. The van der Waals surface area contributed by atoms with Gasteiger partial charge in [-0.25, -0.2) is 15.0 Å². The normalized spacial score (nSPS) is 10.7. The fourth-order valence-electron chi connectivity index (χ4n) is 2.51. The predicted octanol–water partition coefficient (Wildman–Crippen LogP) is 2.97. The molecule has 0 radical (unpaired) electrons. The van der Waals surface area contributed by atoms with Crippen LogP contribution in [0.1, 0.15) is 11.4 Å². The Labute approximate surface area is 144 Å². The first-order chi connectivity index (χ1) is 12.4. The third-order valence-electron chi connectivity index (χ3n) is 3.74. The number of hydrogen-bond donors (Lipinski definition) is 3. The van der Waals surface area contributed by atoms with Gasteiger partial charge in [0.1, 0.15) is 23.8 Å². The summed E-state index contributed by atoms with van der Waals surface area (Å²) in [7, 11) is 0. The van der Waals surface area contributed by atoms with Gasteiger partial charge in [0, 0.05) is 25.0 Å². The van der Waals surface area contributed by atoms with Crippen molar-refractivity contribution in [2.75, 3.05) is 10.6 Å². The van der Waals surface area contributed by atoms with Crippen LogP contribution in [0.5, 0.6) is 0 Å². The summed E-state index contributed by atoms with van der Waals surface area (Å²) in [5, 5.41) is 6.53. The summed E-state index contributed by atoms with van der Waals surface area (Å²) in [6.45, 7) is 1.22. The highest BCUT2D eigenvalue weighted by Gasteiger charge is 2.03. The summed E-state index contributed by atoms with van der Waals surface area (Å²) in [5.74, 6) is 2.36. The number of hydrogen-bond acceptors (Lipinski definition) is 6. The van der Waals surface area contributed by atoms with Gasteiger partial charge in [0.05, 0.1) is 17.6 Å². The van der Waals surface area contributed by atoms with Gasteiger partial charge in [-0.15, -0.1) is 0 Å². The Hall–Kier alpha value is -3.48. The number of aromatic amines is 1. The SMILES string of the molecule is c1cncc(CNc2cc(NCc3nc4ccccc4[nH]3)ncn2)c1. The summed E-state index contributed by atoms with van der Waals surface area (Å²) in [6, 6.07) is 13.8. The Morgan fingerprint density at radius 2 is 1.76 bits per heavy atom. The van der Waals surface area contributed by atoms with E-state index in [-0.39, 0.29) is 0 Å². The molecule has 0 saturated heterocycles. The monoisotopic (exact) mass is 331 g/mol. The molecule has 0 fully saturated rings. The third kappa shape index (κ3) is 3.72. The molecule has 4 rings (SSSR count). The Morgan fingerprint density at radius 1 is 0.920 bits per heavy atom. The van der Waals surface area contributed by atoms with E-state index in [9.17, 15) is 0 Å². The highest BCUT2D eigenvalue weighted by atomic mass is 15.1. The van der Waals surface area contributed by atoms with E-state index in [4.69, 9.17) is 0 Å². The first-order valence-corrected chi connectivity index (χ1v) is 7.99. The molecule has 1 aromatic carbocycles. The van der Waals surface area contributed by atoms with Crippen molar-refractivity contribution in [2.45, 2.75) is 13.1 Å². The summed E-state index contributed by atoms with van der Waals surface area (Å²) < 4.78 is 0. The Kier molecular flexibility index (Phi) is 4.20. The summed E-state index contributed by atoms with van der Waals surface area (Å²) in [6.07, 6.45) is 5.12. The van der Waals surface area contributed by atoms with Gasteiger partial charge in [-0.05, 0) is 23.8 Å². The van der Waals surface area contributed by atoms with E-state index in [1.54, 1.807) is 6.20 Å². The molecule has 3 N–H and O–H groups in total. The van der Waals surface area contributed by atoms with Crippen LogP contribution in [0.4, 0.5) is 11.6 Å². The van der Waals surface area contributed by atoms with E-state index >= 15 is 0 Å². The lowest BCUT2D eigenvalue weighted by atomic mass is 10.3. The van der Waals surface area contributed by atoms with Crippen molar-refractivity contribution >= 4 is 22.7 Å². The van der Waals surface area contributed by atoms with Crippen molar-refractivity contribution in [3.63, 3.8) is 0 Å². The number of anilines is 2. The zero-order valence-electron chi connectivity index (χ0n) is 13.5. The zero-order chi connectivity index (χ0) is 16.9. The van der Waals surface area contributed by atoms with Gasteiger partial charge >= 0.3 is 0 Å². The first kappa shape index (κ1) is 15.1. The maximum Gasteiger partial charge on any atom is 0.131 e. The van der Waals surface area contributed by atoms with Crippen LogP contribution in [0, 0.1) is 0 Å². The topological polar surface area (TPSA) is 91.4 Å². The van der Waals surface area contributed by atoms with Crippen molar-refractivity contribution in [3.05, 3.63) is 72.6 Å². The number of H-pyrrole nitrogens is 1. The predicted molar refractivity (Wildman–Crippen MR) is 97.0 cm³/mol. The second-order valence-electron chi connectivity index (χ2n) is 5.56. The number of pyridine rings is 1. The molecule has 0 unspecified atom stereocenters. The Morgan fingerprint density at radius 3 is 2.56 bits per heavy atom. The number of rotatable bonds is 6. The molecule has 0 spiro atoms. The number of aromatic nitrogens is 5. The first-order valence-electron chi connectivity index (χ1n) is 7.99. The summed E-state index contributed by atoms with van der Waals surface area (Å²) >= 11 is 0. The van der Waals surface area contributed by atoms with E-state index in [1.165, 1.54) is 6.33 Å². The van der Waals surface area contributed by atoms with Crippen molar-refractivity contribution in [2.24, 2.45) is 0 Å². The average molecular weight is 331 g/mol. The quantitative estimate of drug-likeness (QED) is 0.503. The van der Waals surface area contributed by atoms with Crippen LogP contribution in [0.25, 0.3) is 11.0 Å². The van der Waals surface area contributed by atoms with Crippen molar-refractivity contribution < 1.29 is 0 Å². The maximum absolute atomic E-state index is 4.54. The smallest absolute Gasteiger partial charge is 0.131 e.